The first-order valence-electron chi connectivity index (χ1n) is 14.7. The van der Waals surface area contributed by atoms with Gasteiger partial charge in [-0.05, 0) is 38.5 Å². The standard InChI is InChI=1S/C29H51NO5/c1-3-5-7-9-10-11-12-13-14-18-24(34-29(33)26-20-16-17-21-30(26)23-31)22-27-25(28(32)35-27)19-15-8-6-4-2/h23-27H,3-22H2,1-2H3/t24-,25-,26?,27-/m0/s1. The normalized spacial score (nSPS) is 22.9. The van der Waals surface area contributed by atoms with E-state index in [1.165, 1.54) is 57.8 Å². The van der Waals surface area contributed by atoms with Gasteiger partial charge in [-0.1, -0.05) is 90.9 Å². The van der Waals surface area contributed by atoms with E-state index in [9.17, 15) is 14.4 Å². The summed E-state index contributed by atoms with van der Waals surface area (Å²) in [5.41, 5.74) is 0. The van der Waals surface area contributed by atoms with Crippen molar-refractivity contribution in [2.24, 2.45) is 5.92 Å². The fourth-order valence-electron chi connectivity index (χ4n) is 5.45. The van der Waals surface area contributed by atoms with Gasteiger partial charge in [0.15, 0.2) is 0 Å². The summed E-state index contributed by atoms with van der Waals surface area (Å²) in [7, 11) is 0. The Morgan fingerprint density at radius 3 is 2.23 bits per heavy atom. The SMILES string of the molecule is CCCCCCCCCCC[C@@H](C[C@@H]1OC(=O)[C@H]1CCCCCC)OC(=O)C1CCCCN1C=O. The first kappa shape index (κ1) is 29.6. The van der Waals surface area contributed by atoms with Crippen LogP contribution in [-0.2, 0) is 23.9 Å². The highest BCUT2D eigenvalue weighted by atomic mass is 16.6. The first-order valence-corrected chi connectivity index (χ1v) is 14.7. The van der Waals surface area contributed by atoms with Crippen LogP contribution in [0.5, 0.6) is 0 Å². The molecule has 0 aromatic carbocycles. The molecule has 2 heterocycles. The van der Waals surface area contributed by atoms with E-state index in [1.54, 1.807) is 4.90 Å². The summed E-state index contributed by atoms with van der Waals surface area (Å²) in [6.07, 6.45) is 20.9. The summed E-state index contributed by atoms with van der Waals surface area (Å²) in [5, 5.41) is 0. The van der Waals surface area contributed by atoms with Crippen molar-refractivity contribution in [2.75, 3.05) is 6.54 Å². The predicted octanol–water partition coefficient (Wildman–Crippen LogP) is 6.73. The van der Waals surface area contributed by atoms with E-state index in [-0.39, 0.29) is 30.1 Å². The van der Waals surface area contributed by atoms with Crippen molar-refractivity contribution in [3.63, 3.8) is 0 Å². The summed E-state index contributed by atoms with van der Waals surface area (Å²) in [4.78, 5) is 38.1. The molecule has 6 heteroatoms. The van der Waals surface area contributed by atoms with Crippen molar-refractivity contribution >= 4 is 18.3 Å². The molecule has 0 aliphatic carbocycles. The number of esters is 2. The molecule has 2 saturated heterocycles. The van der Waals surface area contributed by atoms with E-state index in [1.807, 2.05) is 0 Å². The van der Waals surface area contributed by atoms with Gasteiger partial charge < -0.3 is 14.4 Å². The average molecular weight is 494 g/mol. The second kappa shape index (κ2) is 17.8. The Morgan fingerprint density at radius 1 is 0.971 bits per heavy atom. The number of rotatable bonds is 20. The van der Waals surface area contributed by atoms with Gasteiger partial charge in [0.25, 0.3) is 0 Å². The van der Waals surface area contributed by atoms with Gasteiger partial charge in [-0.3, -0.25) is 9.59 Å². The molecule has 35 heavy (non-hydrogen) atoms. The lowest BCUT2D eigenvalue weighted by Gasteiger charge is -2.38. The fourth-order valence-corrected chi connectivity index (χ4v) is 5.45. The summed E-state index contributed by atoms with van der Waals surface area (Å²) < 4.78 is 11.5. The Hall–Kier alpha value is -1.59. The Bertz CT molecular complexity index is 610. The van der Waals surface area contributed by atoms with Gasteiger partial charge in [-0.15, -0.1) is 0 Å². The summed E-state index contributed by atoms with van der Waals surface area (Å²) in [6.45, 7) is 5.04. The third-order valence-corrected chi connectivity index (χ3v) is 7.75. The topological polar surface area (TPSA) is 72.9 Å². The molecule has 0 N–H and O–H groups in total. The largest absolute Gasteiger partial charge is 0.461 e. The highest BCUT2D eigenvalue weighted by molar-refractivity contribution is 5.79. The number of cyclic esters (lactones) is 1. The first-order chi connectivity index (χ1) is 17.1. The van der Waals surface area contributed by atoms with Crippen molar-refractivity contribution in [3.8, 4) is 0 Å². The fraction of sp³-hybridized carbons (Fsp3) is 0.897. The quantitative estimate of drug-likeness (QED) is 0.107. The minimum absolute atomic E-state index is 0.0580. The molecule has 0 aromatic rings. The maximum absolute atomic E-state index is 13.0. The van der Waals surface area contributed by atoms with Gasteiger partial charge >= 0.3 is 11.9 Å². The van der Waals surface area contributed by atoms with Crippen molar-refractivity contribution in [1.82, 2.24) is 4.90 Å². The molecule has 2 fully saturated rings. The Balaban J connectivity index is 1.83. The van der Waals surface area contributed by atoms with Crippen LogP contribution in [0.2, 0.25) is 0 Å². The number of piperidine rings is 1. The highest BCUT2D eigenvalue weighted by Crippen LogP contribution is 2.33. The van der Waals surface area contributed by atoms with Crippen LogP contribution in [-0.4, -0.2) is 48.0 Å². The molecular formula is C29H51NO5. The second-order valence-electron chi connectivity index (χ2n) is 10.7. The number of hydrogen-bond acceptors (Lipinski definition) is 5. The molecule has 202 valence electrons. The molecule has 6 nitrogen and oxygen atoms in total. The maximum Gasteiger partial charge on any atom is 0.329 e. The summed E-state index contributed by atoms with van der Waals surface area (Å²) in [5.74, 6) is -0.445. The molecular weight excluding hydrogens is 442 g/mol. The number of carbonyl (C=O) groups excluding carboxylic acids is 3. The van der Waals surface area contributed by atoms with Crippen molar-refractivity contribution in [2.45, 2.75) is 154 Å². The average Bonchev–Trinajstić information content (AvgIpc) is 2.87. The van der Waals surface area contributed by atoms with Crippen molar-refractivity contribution < 1.29 is 23.9 Å². The summed E-state index contributed by atoms with van der Waals surface area (Å²) >= 11 is 0. The molecule has 0 bridgehead atoms. The van der Waals surface area contributed by atoms with Crippen LogP contribution in [0.4, 0.5) is 0 Å². The zero-order chi connectivity index (χ0) is 25.3. The molecule has 0 radical (unpaired) electrons. The number of ether oxygens (including phenoxy) is 2. The van der Waals surface area contributed by atoms with Crippen LogP contribution in [0.25, 0.3) is 0 Å². The Labute approximate surface area is 213 Å². The van der Waals surface area contributed by atoms with E-state index in [2.05, 4.69) is 13.8 Å². The number of amides is 1. The van der Waals surface area contributed by atoms with E-state index in [0.29, 0.717) is 19.4 Å². The number of nitrogens with zero attached hydrogens (tertiary/aromatic N) is 1. The minimum atomic E-state index is -0.472. The number of likely N-dealkylation sites (tertiary alicyclic amines) is 1. The highest BCUT2D eigenvalue weighted by Gasteiger charge is 2.43. The van der Waals surface area contributed by atoms with Gasteiger partial charge in [-0.25, -0.2) is 4.79 Å². The lowest BCUT2D eigenvalue weighted by molar-refractivity contribution is -0.191. The third-order valence-electron chi connectivity index (χ3n) is 7.75. The zero-order valence-corrected chi connectivity index (χ0v) is 22.5. The minimum Gasteiger partial charge on any atom is -0.461 e. The Morgan fingerprint density at radius 2 is 1.60 bits per heavy atom. The Kier molecular flexibility index (Phi) is 15.1. The van der Waals surface area contributed by atoms with Gasteiger partial charge in [0, 0.05) is 13.0 Å². The van der Waals surface area contributed by atoms with Crippen molar-refractivity contribution in [3.05, 3.63) is 0 Å². The molecule has 2 rings (SSSR count). The lowest BCUT2D eigenvalue weighted by atomic mass is 9.86. The van der Waals surface area contributed by atoms with Crippen LogP contribution in [0, 0.1) is 5.92 Å². The molecule has 0 saturated carbocycles. The second-order valence-corrected chi connectivity index (χ2v) is 10.7. The molecule has 1 amide bonds. The van der Waals surface area contributed by atoms with Crippen LogP contribution < -0.4 is 0 Å². The molecule has 1 unspecified atom stereocenters. The molecule has 2 aliphatic heterocycles. The summed E-state index contributed by atoms with van der Waals surface area (Å²) in [6, 6.07) is -0.472. The van der Waals surface area contributed by atoms with Crippen LogP contribution in [0.15, 0.2) is 0 Å². The van der Waals surface area contributed by atoms with Gasteiger partial charge in [0.05, 0.1) is 5.92 Å². The lowest BCUT2D eigenvalue weighted by Crippen LogP contribution is -2.49. The van der Waals surface area contributed by atoms with Crippen LogP contribution in [0.1, 0.15) is 136 Å². The van der Waals surface area contributed by atoms with E-state index in [0.717, 1.165) is 57.8 Å². The van der Waals surface area contributed by atoms with Gasteiger partial charge in [0.1, 0.15) is 18.2 Å². The van der Waals surface area contributed by atoms with E-state index in [4.69, 9.17) is 9.47 Å². The van der Waals surface area contributed by atoms with E-state index >= 15 is 0 Å². The monoisotopic (exact) mass is 493 g/mol. The number of carbonyl (C=O) groups is 3. The zero-order valence-electron chi connectivity index (χ0n) is 22.5. The predicted molar refractivity (Wildman–Crippen MR) is 139 cm³/mol. The smallest absolute Gasteiger partial charge is 0.329 e. The molecule has 2 aliphatic rings. The number of unbranched alkanes of at least 4 members (excludes halogenated alkanes) is 11. The molecule has 0 spiro atoms. The van der Waals surface area contributed by atoms with Crippen LogP contribution in [0.3, 0.4) is 0 Å². The molecule has 4 atom stereocenters. The van der Waals surface area contributed by atoms with Crippen molar-refractivity contribution in [1.29, 1.82) is 0 Å². The van der Waals surface area contributed by atoms with Gasteiger partial charge in [-0.2, -0.15) is 0 Å². The maximum atomic E-state index is 13.0. The van der Waals surface area contributed by atoms with Gasteiger partial charge in [0.2, 0.25) is 6.41 Å². The third kappa shape index (κ3) is 10.9. The van der Waals surface area contributed by atoms with Crippen LogP contribution >= 0.6 is 0 Å². The molecule has 0 aromatic heterocycles. The van der Waals surface area contributed by atoms with E-state index < -0.39 is 6.04 Å². The number of hydrogen-bond donors (Lipinski definition) is 0.